The molecular weight excluding hydrogens is 260 g/mol. The number of nitrogens with zero attached hydrogens (tertiary/aromatic N) is 1. The summed E-state index contributed by atoms with van der Waals surface area (Å²) < 4.78 is 5.25. The average Bonchev–Trinajstić information content (AvgIpc) is 2.53. The van der Waals surface area contributed by atoms with Gasteiger partial charge in [-0.05, 0) is 54.3 Å². The third-order valence-electron chi connectivity index (χ3n) is 3.70. The molecule has 2 aromatic carbocycles. The minimum absolute atomic E-state index is 0.806. The maximum absolute atomic E-state index is 5.72. The molecule has 0 bridgehead atoms. The lowest BCUT2D eigenvalue weighted by Gasteiger charge is -2.08. The Morgan fingerprint density at radius 1 is 1.00 bits per heavy atom. The maximum atomic E-state index is 5.72. The molecule has 0 amide bonds. The number of nitrogen functional groups attached to an aromatic ring is 1. The van der Waals surface area contributed by atoms with Crippen molar-refractivity contribution in [1.29, 1.82) is 0 Å². The van der Waals surface area contributed by atoms with E-state index < -0.39 is 0 Å². The molecule has 0 saturated carbocycles. The Hall–Kier alpha value is -2.55. The summed E-state index contributed by atoms with van der Waals surface area (Å²) in [7, 11) is 1.67. The molecule has 0 radical (unpaired) electrons. The maximum Gasteiger partial charge on any atom is 0.121 e. The zero-order valence-corrected chi connectivity index (χ0v) is 12.0. The topological polar surface area (TPSA) is 48.1 Å². The normalized spacial score (nSPS) is 10.7. The van der Waals surface area contributed by atoms with E-state index in [-0.39, 0.29) is 0 Å². The fourth-order valence-electron chi connectivity index (χ4n) is 2.50. The average molecular weight is 278 g/mol. The second kappa shape index (κ2) is 5.83. The van der Waals surface area contributed by atoms with Gasteiger partial charge in [0.1, 0.15) is 5.75 Å². The molecule has 1 aromatic heterocycles. The van der Waals surface area contributed by atoms with Crippen LogP contribution in [0.5, 0.6) is 5.75 Å². The van der Waals surface area contributed by atoms with E-state index in [2.05, 4.69) is 29.2 Å². The first-order valence-corrected chi connectivity index (χ1v) is 7.02. The molecule has 2 N–H and O–H groups in total. The summed E-state index contributed by atoms with van der Waals surface area (Å²) in [5.41, 5.74) is 10.1. The first kappa shape index (κ1) is 13.4. The van der Waals surface area contributed by atoms with Crippen molar-refractivity contribution < 1.29 is 4.74 Å². The van der Waals surface area contributed by atoms with Crippen LogP contribution in [0.2, 0.25) is 0 Å². The lowest BCUT2D eigenvalue weighted by Crippen LogP contribution is -1.95. The molecule has 0 fully saturated rings. The molecule has 0 aliphatic rings. The van der Waals surface area contributed by atoms with Gasteiger partial charge in [0, 0.05) is 23.3 Å². The Morgan fingerprint density at radius 2 is 1.81 bits per heavy atom. The van der Waals surface area contributed by atoms with Crippen LogP contribution in [0.4, 0.5) is 5.69 Å². The van der Waals surface area contributed by atoms with Crippen LogP contribution < -0.4 is 10.5 Å². The quantitative estimate of drug-likeness (QED) is 0.742. The van der Waals surface area contributed by atoms with Crippen molar-refractivity contribution in [3.05, 3.63) is 65.9 Å². The number of aromatic nitrogens is 1. The van der Waals surface area contributed by atoms with Crippen LogP contribution >= 0.6 is 0 Å². The van der Waals surface area contributed by atoms with E-state index in [1.165, 1.54) is 16.5 Å². The molecule has 0 atom stereocenters. The van der Waals surface area contributed by atoms with Crippen LogP contribution in [-0.2, 0) is 12.8 Å². The predicted molar refractivity (Wildman–Crippen MR) is 86.6 cm³/mol. The zero-order chi connectivity index (χ0) is 14.7. The van der Waals surface area contributed by atoms with Crippen molar-refractivity contribution in [2.45, 2.75) is 12.8 Å². The van der Waals surface area contributed by atoms with Gasteiger partial charge in [0.15, 0.2) is 0 Å². The Bertz CT molecular complexity index is 751. The van der Waals surface area contributed by atoms with Crippen LogP contribution in [0.1, 0.15) is 11.1 Å². The van der Waals surface area contributed by atoms with E-state index >= 15 is 0 Å². The van der Waals surface area contributed by atoms with Gasteiger partial charge >= 0.3 is 0 Å². The van der Waals surface area contributed by atoms with Crippen LogP contribution in [0, 0.1) is 0 Å². The van der Waals surface area contributed by atoms with E-state index in [4.69, 9.17) is 10.5 Å². The summed E-state index contributed by atoms with van der Waals surface area (Å²) in [6, 6.07) is 16.2. The van der Waals surface area contributed by atoms with Gasteiger partial charge in [-0.1, -0.05) is 12.1 Å². The highest BCUT2D eigenvalue weighted by Gasteiger charge is 2.04. The molecule has 0 aliphatic heterocycles. The second-order valence-corrected chi connectivity index (χ2v) is 5.09. The molecule has 3 nitrogen and oxygen atoms in total. The van der Waals surface area contributed by atoms with Crippen molar-refractivity contribution in [1.82, 2.24) is 4.98 Å². The van der Waals surface area contributed by atoms with Crippen LogP contribution in [0.25, 0.3) is 10.9 Å². The van der Waals surface area contributed by atoms with Gasteiger partial charge in [0.25, 0.3) is 0 Å². The Balaban J connectivity index is 1.85. The number of rotatable bonds is 4. The number of hydrogen-bond acceptors (Lipinski definition) is 3. The van der Waals surface area contributed by atoms with Gasteiger partial charge in [0.2, 0.25) is 0 Å². The van der Waals surface area contributed by atoms with Crippen molar-refractivity contribution in [2.24, 2.45) is 0 Å². The summed E-state index contributed by atoms with van der Waals surface area (Å²) in [5, 5.41) is 1.19. The van der Waals surface area contributed by atoms with Crippen molar-refractivity contribution in [3.63, 3.8) is 0 Å². The highest BCUT2D eigenvalue weighted by atomic mass is 16.5. The van der Waals surface area contributed by atoms with Gasteiger partial charge < -0.3 is 10.5 Å². The molecule has 0 aliphatic carbocycles. The van der Waals surface area contributed by atoms with E-state index in [1.54, 1.807) is 7.11 Å². The summed E-state index contributed by atoms with van der Waals surface area (Å²) in [4.78, 5) is 4.42. The van der Waals surface area contributed by atoms with Crippen LogP contribution in [0.15, 0.2) is 54.7 Å². The molecule has 1 heterocycles. The minimum Gasteiger partial charge on any atom is -0.497 e. The van der Waals surface area contributed by atoms with Gasteiger partial charge in [0.05, 0.1) is 12.6 Å². The second-order valence-electron chi connectivity index (χ2n) is 5.09. The number of methoxy groups -OCH3 is 1. The number of ether oxygens (including phenoxy) is 1. The molecule has 0 unspecified atom stereocenters. The van der Waals surface area contributed by atoms with Crippen LogP contribution in [-0.4, -0.2) is 12.1 Å². The molecule has 3 rings (SSSR count). The molecular formula is C18H18N2O. The molecule has 0 saturated heterocycles. The Kier molecular flexibility index (Phi) is 3.73. The monoisotopic (exact) mass is 278 g/mol. The molecule has 106 valence electrons. The van der Waals surface area contributed by atoms with Crippen LogP contribution in [0.3, 0.4) is 0 Å². The van der Waals surface area contributed by atoms with Gasteiger partial charge in [-0.15, -0.1) is 0 Å². The largest absolute Gasteiger partial charge is 0.497 e. The Labute approximate surface area is 124 Å². The predicted octanol–water partition coefficient (Wildman–Crippen LogP) is 3.61. The highest BCUT2D eigenvalue weighted by molar-refractivity contribution is 5.83. The summed E-state index contributed by atoms with van der Waals surface area (Å²) in [6.45, 7) is 0. The number of aryl methyl sites for hydroxylation is 2. The van der Waals surface area contributed by atoms with Gasteiger partial charge in [-0.25, -0.2) is 0 Å². The lowest BCUT2D eigenvalue weighted by molar-refractivity contribution is 0.415. The fourth-order valence-corrected chi connectivity index (χ4v) is 2.50. The Morgan fingerprint density at radius 3 is 2.57 bits per heavy atom. The standard InChI is InChI=1S/C18H18N2O/c1-21-16-8-9-17-14(10-11-20-18(17)12-16)5-2-13-3-6-15(19)7-4-13/h3-4,6-12H,2,5,19H2,1H3. The fraction of sp³-hybridized carbons (Fsp3) is 0.167. The van der Waals surface area contributed by atoms with E-state index in [0.717, 1.165) is 29.8 Å². The summed E-state index contributed by atoms with van der Waals surface area (Å²) >= 11 is 0. The van der Waals surface area contributed by atoms with Gasteiger partial charge in [-0.3, -0.25) is 4.98 Å². The van der Waals surface area contributed by atoms with Gasteiger partial charge in [-0.2, -0.15) is 0 Å². The van der Waals surface area contributed by atoms with E-state index in [0.29, 0.717) is 0 Å². The number of pyridine rings is 1. The number of hydrogen-bond donors (Lipinski definition) is 1. The number of nitrogens with two attached hydrogens (primary N) is 1. The first-order chi connectivity index (χ1) is 10.3. The third-order valence-corrected chi connectivity index (χ3v) is 3.70. The molecule has 3 heteroatoms. The number of benzene rings is 2. The first-order valence-electron chi connectivity index (χ1n) is 7.02. The minimum atomic E-state index is 0.806. The van der Waals surface area contributed by atoms with E-state index in [9.17, 15) is 0 Å². The number of anilines is 1. The highest BCUT2D eigenvalue weighted by Crippen LogP contribution is 2.23. The molecule has 21 heavy (non-hydrogen) atoms. The third kappa shape index (κ3) is 2.97. The van der Waals surface area contributed by atoms with E-state index in [1.807, 2.05) is 30.5 Å². The van der Waals surface area contributed by atoms with Crippen molar-refractivity contribution >= 4 is 16.6 Å². The SMILES string of the molecule is COc1ccc2c(CCc3ccc(N)cc3)ccnc2c1. The molecule has 3 aromatic rings. The van der Waals surface area contributed by atoms with Crippen molar-refractivity contribution in [2.75, 3.05) is 12.8 Å². The smallest absolute Gasteiger partial charge is 0.121 e. The molecule has 0 spiro atoms. The summed E-state index contributed by atoms with van der Waals surface area (Å²) in [6.07, 6.45) is 3.83. The summed E-state index contributed by atoms with van der Waals surface area (Å²) in [5.74, 6) is 0.839. The van der Waals surface area contributed by atoms with Crippen molar-refractivity contribution in [3.8, 4) is 5.75 Å². The lowest BCUT2D eigenvalue weighted by atomic mass is 10.0. The number of fused-ring (bicyclic) bond motifs is 1. The zero-order valence-electron chi connectivity index (χ0n) is 12.0.